The van der Waals surface area contributed by atoms with Crippen molar-refractivity contribution in [1.29, 1.82) is 0 Å². The van der Waals surface area contributed by atoms with Gasteiger partial charge in [0.25, 0.3) is 0 Å². The normalized spacial score (nSPS) is 10.6. The molecule has 0 spiro atoms. The highest BCUT2D eigenvalue weighted by Crippen LogP contribution is 2.30. The molecule has 0 bridgehead atoms. The van der Waals surface area contributed by atoms with Crippen LogP contribution in [0.1, 0.15) is 28.4 Å². The Balaban J connectivity index is 1.78. The predicted octanol–water partition coefficient (Wildman–Crippen LogP) is 4.88. The molecular weight excluding hydrogens is 354 g/mol. The van der Waals surface area contributed by atoms with Gasteiger partial charge in [-0.15, -0.1) is 0 Å². The fourth-order valence-corrected chi connectivity index (χ4v) is 2.53. The average Bonchev–Trinajstić information content (AvgIpc) is 2.74. The van der Waals surface area contributed by atoms with Crippen LogP contribution in [0.4, 0.5) is 0 Å². The minimum atomic E-state index is -0.455. The van der Waals surface area contributed by atoms with Gasteiger partial charge in [-0.05, 0) is 66.6 Å². The molecule has 0 aliphatic heterocycles. The molecule has 28 heavy (non-hydrogen) atoms. The predicted molar refractivity (Wildman–Crippen MR) is 109 cm³/mol. The van der Waals surface area contributed by atoms with Gasteiger partial charge in [0.1, 0.15) is 5.75 Å². The van der Waals surface area contributed by atoms with Crippen molar-refractivity contribution in [2.75, 3.05) is 13.7 Å². The smallest absolute Gasteiger partial charge is 0.343 e. The Labute approximate surface area is 164 Å². The van der Waals surface area contributed by atoms with Gasteiger partial charge in [0, 0.05) is 12.4 Å². The van der Waals surface area contributed by atoms with Crippen LogP contribution in [0.25, 0.3) is 12.2 Å². The van der Waals surface area contributed by atoms with Gasteiger partial charge in [-0.3, -0.25) is 4.98 Å². The average molecular weight is 375 g/mol. The lowest BCUT2D eigenvalue weighted by molar-refractivity contribution is 0.0728. The number of pyridine rings is 1. The first-order valence-corrected chi connectivity index (χ1v) is 8.91. The van der Waals surface area contributed by atoms with Crippen molar-refractivity contribution in [3.05, 3.63) is 83.7 Å². The van der Waals surface area contributed by atoms with Crippen molar-refractivity contribution in [2.45, 2.75) is 6.92 Å². The van der Waals surface area contributed by atoms with Gasteiger partial charge >= 0.3 is 5.97 Å². The third kappa shape index (κ3) is 4.98. The molecule has 0 fully saturated rings. The second kappa shape index (κ2) is 9.37. The molecule has 0 amide bonds. The number of aromatic nitrogens is 1. The highest BCUT2D eigenvalue weighted by atomic mass is 16.6. The summed E-state index contributed by atoms with van der Waals surface area (Å²) in [6.07, 6.45) is 7.43. The largest absolute Gasteiger partial charge is 0.497 e. The molecular formula is C23H21NO4. The summed E-state index contributed by atoms with van der Waals surface area (Å²) in [5.41, 5.74) is 2.41. The molecule has 5 heteroatoms. The zero-order valence-corrected chi connectivity index (χ0v) is 15.8. The Morgan fingerprint density at radius 3 is 2.32 bits per heavy atom. The SMILES string of the molecule is CCOc1cc(/C=C/c2ccncc2)ccc1OC(=O)c1ccc(OC)cc1. The molecule has 0 N–H and O–H groups in total. The summed E-state index contributed by atoms with van der Waals surface area (Å²) in [6.45, 7) is 2.35. The minimum absolute atomic E-state index is 0.378. The number of methoxy groups -OCH3 is 1. The maximum absolute atomic E-state index is 12.4. The fourth-order valence-electron chi connectivity index (χ4n) is 2.53. The summed E-state index contributed by atoms with van der Waals surface area (Å²) in [5, 5.41) is 0. The highest BCUT2D eigenvalue weighted by Gasteiger charge is 2.13. The second-order valence-corrected chi connectivity index (χ2v) is 5.87. The highest BCUT2D eigenvalue weighted by molar-refractivity contribution is 5.91. The molecule has 142 valence electrons. The maximum Gasteiger partial charge on any atom is 0.343 e. The monoisotopic (exact) mass is 375 g/mol. The fraction of sp³-hybridized carbons (Fsp3) is 0.130. The van der Waals surface area contributed by atoms with Crippen LogP contribution in [0.5, 0.6) is 17.2 Å². The van der Waals surface area contributed by atoms with Crippen LogP contribution in [0.15, 0.2) is 67.0 Å². The van der Waals surface area contributed by atoms with Crippen LogP contribution in [-0.2, 0) is 0 Å². The number of benzene rings is 2. The standard InChI is InChI=1S/C23H21NO4/c1-3-27-22-16-18(5-4-17-12-14-24-15-13-17)6-11-21(22)28-23(25)19-7-9-20(26-2)10-8-19/h4-16H,3H2,1-2H3/b5-4+. The van der Waals surface area contributed by atoms with Gasteiger partial charge in [0.15, 0.2) is 11.5 Å². The van der Waals surface area contributed by atoms with Crippen LogP contribution in [0.2, 0.25) is 0 Å². The molecule has 0 radical (unpaired) electrons. The van der Waals surface area contributed by atoms with Crippen LogP contribution in [0, 0.1) is 0 Å². The van der Waals surface area contributed by atoms with Crippen molar-refractivity contribution in [3.63, 3.8) is 0 Å². The minimum Gasteiger partial charge on any atom is -0.497 e. The summed E-state index contributed by atoms with van der Waals surface area (Å²) < 4.78 is 16.3. The summed E-state index contributed by atoms with van der Waals surface area (Å²) >= 11 is 0. The lowest BCUT2D eigenvalue weighted by Gasteiger charge is -2.11. The van der Waals surface area contributed by atoms with Gasteiger partial charge in [-0.25, -0.2) is 4.79 Å². The summed E-state index contributed by atoms with van der Waals surface area (Å²) in [5.74, 6) is 1.12. The molecule has 0 atom stereocenters. The molecule has 0 unspecified atom stereocenters. The number of hydrogen-bond donors (Lipinski definition) is 0. The van der Waals surface area contributed by atoms with Crippen LogP contribution < -0.4 is 14.2 Å². The van der Waals surface area contributed by atoms with Crippen LogP contribution in [-0.4, -0.2) is 24.7 Å². The third-order valence-corrected chi connectivity index (χ3v) is 3.97. The van der Waals surface area contributed by atoms with E-state index in [4.69, 9.17) is 14.2 Å². The molecule has 1 aromatic heterocycles. The molecule has 1 heterocycles. The topological polar surface area (TPSA) is 57.7 Å². The molecule has 5 nitrogen and oxygen atoms in total. The van der Waals surface area contributed by atoms with Gasteiger partial charge in [-0.1, -0.05) is 18.2 Å². The first-order chi connectivity index (χ1) is 13.7. The van der Waals surface area contributed by atoms with Gasteiger partial charge in [-0.2, -0.15) is 0 Å². The van der Waals surface area contributed by atoms with Gasteiger partial charge in [0.2, 0.25) is 0 Å². The van der Waals surface area contributed by atoms with Gasteiger partial charge in [0.05, 0.1) is 19.3 Å². The first kappa shape index (κ1) is 19.2. The van der Waals surface area contributed by atoms with Crippen molar-refractivity contribution < 1.29 is 19.0 Å². The zero-order valence-electron chi connectivity index (χ0n) is 15.8. The van der Waals surface area contributed by atoms with Gasteiger partial charge < -0.3 is 14.2 Å². The quantitative estimate of drug-likeness (QED) is 0.435. The summed E-state index contributed by atoms with van der Waals surface area (Å²) in [6, 6.07) is 16.0. The zero-order chi connectivity index (χ0) is 19.8. The van der Waals surface area contributed by atoms with E-state index < -0.39 is 5.97 Å². The van der Waals surface area contributed by atoms with E-state index in [-0.39, 0.29) is 0 Å². The molecule has 3 rings (SSSR count). The van der Waals surface area contributed by atoms with Crippen molar-refractivity contribution >= 4 is 18.1 Å². The number of nitrogens with zero attached hydrogens (tertiary/aromatic N) is 1. The summed E-state index contributed by atoms with van der Waals surface area (Å²) in [4.78, 5) is 16.4. The van der Waals surface area contributed by atoms with Crippen LogP contribution in [0.3, 0.4) is 0 Å². The van der Waals surface area contributed by atoms with E-state index in [1.165, 1.54) is 0 Å². The first-order valence-electron chi connectivity index (χ1n) is 8.91. The maximum atomic E-state index is 12.4. The number of ether oxygens (including phenoxy) is 3. The molecule has 0 saturated heterocycles. The molecule has 0 aliphatic rings. The Morgan fingerprint density at radius 2 is 1.64 bits per heavy atom. The number of carbonyl (C=O) groups excluding carboxylic acids is 1. The number of esters is 1. The Kier molecular flexibility index (Phi) is 6.41. The van der Waals surface area contributed by atoms with E-state index in [1.54, 1.807) is 49.8 Å². The lowest BCUT2D eigenvalue weighted by Crippen LogP contribution is -2.09. The molecule has 0 aliphatic carbocycles. The lowest BCUT2D eigenvalue weighted by atomic mass is 10.1. The van der Waals surface area contributed by atoms with Crippen LogP contribution >= 0.6 is 0 Å². The van der Waals surface area contributed by atoms with E-state index in [0.29, 0.717) is 29.4 Å². The number of rotatable bonds is 7. The Hall–Kier alpha value is -3.60. The third-order valence-electron chi connectivity index (χ3n) is 3.97. The molecule has 0 saturated carbocycles. The Bertz CT molecular complexity index is 950. The van der Waals surface area contributed by atoms with Crippen molar-refractivity contribution in [2.24, 2.45) is 0 Å². The van der Waals surface area contributed by atoms with E-state index >= 15 is 0 Å². The number of hydrogen-bond acceptors (Lipinski definition) is 5. The van der Waals surface area contributed by atoms with E-state index in [2.05, 4.69) is 4.98 Å². The molecule has 3 aromatic rings. The number of carbonyl (C=O) groups is 1. The van der Waals surface area contributed by atoms with E-state index in [0.717, 1.165) is 11.1 Å². The van der Waals surface area contributed by atoms with Crippen molar-refractivity contribution in [3.8, 4) is 17.2 Å². The summed E-state index contributed by atoms with van der Waals surface area (Å²) in [7, 11) is 1.58. The Morgan fingerprint density at radius 1 is 0.929 bits per heavy atom. The van der Waals surface area contributed by atoms with Crippen molar-refractivity contribution in [1.82, 2.24) is 4.98 Å². The molecule has 2 aromatic carbocycles. The van der Waals surface area contributed by atoms with E-state index in [9.17, 15) is 4.79 Å². The second-order valence-electron chi connectivity index (χ2n) is 5.87. The van der Waals surface area contributed by atoms with E-state index in [1.807, 2.05) is 43.3 Å².